The second-order valence-corrected chi connectivity index (χ2v) is 5.07. The Bertz CT molecular complexity index is 813. The first kappa shape index (κ1) is 13.9. The van der Waals surface area contributed by atoms with Crippen molar-refractivity contribution in [1.29, 1.82) is 0 Å². The van der Waals surface area contributed by atoms with E-state index < -0.39 is 0 Å². The molecule has 0 aliphatic rings. The average molecular weight is 305 g/mol. The molecule has 108 valence electrons. The van der Waals surface area contributed by atoms with Gasteiger partial charge in [-0.15, -0.1) is 11.6 Å². The quantitative estimate of drug-likeness (QED) is 0.677. The zero-order chi connectivity index (χ0) is 15.0. The van der Waals surface area contributed by atoms with Gasteiger partial charge < -0.3 is 4.74 Å². The van der Waals surface area contributed by atoms with Gasteiger partial charge in [0, 0.05) is 6.07 Å². The Hall–Kier alpha value is -2.07. The van der Waals surface area contributed by atoms with Crippen LogP contribution in [0, 0.1) is 12.7 Å². The minimum atomic E-state index is -0.304. The predicted octanol–water partition coefficient (Wildman–Crippen LogP) is 4.22. The monoisotopic (exact) mass is 304 g/mol. The molecule has 3 rings (SSSR count). The van der Waals surface area contributed by atoms with E-state index in [-0.39, 0.29) is 11.7 Å². The third-order valence-corrected chi connectivity index (χ3v) is 3.63. The highest BCUT2D eigenvalue weighted by Crippen LogP contribution is 2.27. The van der Waals surface area contributed by atoms with E-state index in [4.69, 9.17) is 16.3 Å². The molecule has 5 heteroatoms. The Balaban J connectivity index is 2.32. The van der Waals surface area contributed by atoms with Crippen LogP contribution in [0.3, 0.4) is 0 Å². The van der Waals surface area contributed by atoms with Crippen molar-refractivity contribution >= 4 is 22.6 Å². The molecule has 1 aromatic heterocycles. The van der Waals surface area contributed by atoms with Gasteiger partial charge >= 0.3 is 0 Å². The molecule has 0 saturated carbocycles. The van der Waals surface area contributed by atoms with Crippen molar-refractivity contribution in [2.45, 2.75) is 12.8 Å². The van der Waals surface area contributed by atoms with E-state index in [1.54, 1.807) is 23.8 Å². The molecule has 21 heavy (non-hydrogen) atoms. The molecular weight excluding hydrogens is 291 g/mol. The van der Waals surface area contributed by atoms with Crippen molar-refractivity contribution in [3.8, 4) is 11.4 Å². The summed E-state index contributed by atoms with van der Waals surface area (Å²) in [5.41, 5.74) is 2.96. The van der Waals surface area contributed by atoms with E-state index in [1.165, 1.54) is 6.07 Å². The first-order valence-electron chi connectivity index (χ1n) is 6.52. The van der Waals surface area contributed by atoms with Crippen LogP contribution in [0.4, 0.5) is 4.39 Å². The molecule has 0 bridgehead atoms. The van der Waals surface area contributed by atoms with Crippen molar-refractivity contribution in [2.75, 3.05) is 7.11 Å². The van der Waals surface area contributed by atoms with Gasteiger partial charge in [-0.05, 0) is 36.8 Å². The third kappa shape index (κ3) is 2.36. The molecule has 0 N–H and O–H groups in total. The number of methoxy groups -OCH3 is 1. The molecule has 2 aromatic carbocycles. The maximum absolute atomic E-state index is 14.2. The maximum atomic E-state index is 14.2. The Labute approximate surface area is 126 Å². The lowest BCUT2D eigenvalue weighted by Crippen LogP contribution is -2.02. The summed E-state index contributed by atoms with van der Waals surface area (Å²) in [5.74, 6) is 1.20. The van der Waals surface area contributed by atoms with Gasteiger partial charge in [0.25, 0.3) is 0 Å². The number of ether oxygens (including phenoxy) is 1. The second-order valence-electron chi connectivity index (χ2n) is 4.81. The molecule has 0 saturated heterocycles. The van der Waals surface area contributed by atoms with Gasteiger partial charge in [-0.2, -0.15) is 0 Å². The van der Waals surface area contributed by atoms with Crippen molar-refractivity contribution in [3.05, 3.63) is 53.6 Å². The smallest absolute Gasteiger partial charge is 0.147 e. The highest BCUT2D eigenvalue weighted by Gasteiger charge is 2.15. The molecule has 0 aliphatic carbocycles. The Morgan fingerprint density at radius 3 is 2.76 bits per heavy atom. The van der Waals surface area contributed by atoms with Crippen molar-refractivity contribution in [2.24, 2.45) is 0 Å². The first-order valence-corrected chi connectivity index (χ1v) is 7.05. The standard InChI is InChI=1S/C16H14ClFN2O/c1-10-3-5-12(18)15(7-10)20-14-6-4-11(21-2)8-13(14)19-16(20)9-17/h3-8H,9H2,1-2H3. The fourth-order valence-electron chi connectivity index (χ4n) is 2.39. The number of alkyl halides is 1. The normalized spacial score (nSPS) is 11.0. The number of nitrogens with zero attached hydrogens (tertiary/aromatic N) is 2. The largest absolute Gasteiger partial charge is 0.497 e. The first-order chi connectivity index (χ1) is 10.1. The molecule has 0 atom stereocenters. The summed E-state index contributed by atoms with van der Waals surface area (Å²) in [4.78, 5) is 4.47. The second kappa shape index (κ2) is 5.37. The van der Waals surface area contributed by atoms with Crippen LogP contribution in [0.5, 0.6) is 5.75 Å². The lowest BCUT2D eigenvalue weighted by Gasteiger charge is -2.10. The fraction of sp³-hybridized carbons (Fsp3) is 0.188. The van der Waals surface area contributed by atoms with Crippen LogP contribution in [0.1, 0.15) is 11.4 Å². The average Bonchev–Trinajstić information content (AvgIpc) is 2.87. The summed E-state index contributed by atoms with van der Waals surface area (Å²) >= 11 is 5.98. The molecule has 0 spiro atoms. The molecular formula is C16H14ClFN2O. The van der Waals surface area contributed by atoms with Crippen LogP contribution in [-0.2, 0) is 5.88 Å². The van der Waals surface area contributed by atoms with E-state index in [9.17, 15) is 4.39 Å². The number of imidazole rings is 1. The van der Waals surface area contributed by atoms with Gasteiger partial charge in [-0.25, -0.2) is 9.37 Å². The van der Waals surface area contributed by atoms with E-state index in [0.29, 0.717) is 17.3 Å². The molecule has 3 nitrogen and oxygen atoms in total. The van der Waals surface area contributed by atoms with Gasteiger partial charge in [0.2, 0.25) is 0 Å². The lowest BCUT2D eigenvalue weighted by molar-refractivity contribution is 0.415. The Morgan fingerprint density at radius 1 is 1.24 bits per heavy atom. The highest BCUT2D eigenvalue weighted by atomic mass is 35.5. The number of fused-ring (bicyclic) bond motifs is 1. The summed E-state index contributed by atoms with van der Waals surface area (Å²) in [6.07, 6.45) is 0. The van der Waals surface area contributed by atoms with E-state index in [2.05, 4.69) is 4.98 Å². The van der Waals surface area contributed by atoms with Crippen LogP contribution >= 0.6 is 11.6 Å². The Morgan fingerprint density at radius 2 is 2.05 bits per heavy atom. The van der Waals surface area contributed by atoms with Gasteiger partial charge in [0.1, 0.15) is 17.4 Å². The number of hydrogen-bond donors (Lipinski definition) is 0. The molecule has 0 amide bonds. The van der Waals surface area contributed by atoms with Crippen molar-refractivity contribution < 1.29 is 9.13 Å². The number of aryl methyl sites for hydroxylation is 1. The van der Waals surface area contributed by atoms with Crippen molar-refractivity contribution in [1.82, 2.24) is 9.55 Å². The summed E-state index contributed by atoms with van der Waals surface area (Å²) in [7, 11) is 1.60. The number of rotatable bonds is 3. The fourth-order valence-corrected chi connectivity index (χ4v) is 2.57. The molecule has 3 aromatic rings. The van der Waals surface area contributed by atoms with E-state index in [1.807, 2.05) is 25.1 Å². The van der Waals surface area contributed by atoms with E-state index >= 15 is 0 Å². The third-order valence-electron chi connectivity index (χ3n) is 3.39. The maximum Gasteiger partial charge on any atom is 0.147 e. The van der Waals surface area contributed by atoms with Crippen LogP contribution in [-0.4, -0.2) is 16.7 Å². The summed E-state index contributed by atoms with van der Waals surface area (Å²) in [6, 6.07) is 10.5. The molecule has 0 fully saturated rings. The van der Waals surface area contributed by atoms with Crippen molar-refractivity contribution in [3.63, 3.8) is 0 Å². The van der Waals surface area contributed by atoms with Crippen LogP contribution < -0.4 is 4.74 Å². The summed E-state index contributed by atoms with van der Waals surface area (Å²) in [5, 5.41) is 0. The topological polar surface area (TPSA) is 27.1 Å². The highest BCUT2D eigenvalue weighted by molar-refractivity contribution is 6.17. The Kier molecular flexibility index (Phi) is 3.55. The van der Waals surface area contributed by atoms with Gasteiger partial charge in [-0.3, -0.25) is 4.57 Å². The molecule has 0 unspecified atom stereocenters. The van der Waals surface area contributed by atoms with Crippen LogP contribution in [0.25, 0.3) is 16.7 Å². The van der Waals surface area contributed by atoms with Gasteiger partial charge in [0.05, 0.1) is 29.7 Å². The van der Waals surface area contributed by atoms with E-state index in [0.717, 1.165) is 16.6 Å². The number of aromatic nitrogens is 2. The number of hydrogen-bond acceptors (Lipinski definition) is 2. The molecule has 0 radical (unpaired) electrons. The lowest BCUT2D eigenvalue weighted by atomic mass is 10.2. The molecule has 1 heterocycles. The predicted molar refractivity (Wildman–Crippen MR) is 81.9 cm³/mol. The number of benzene rings is 2. The van der Waals surface area contributed by atoms with Gasteiger partial charge in [0.15, 0.2) is 0 Å². The zero-order valence-corrected chi connectivity index (χ0v) is 12.5. The van der Waals surface area contributed by atoms with Crippen LogP contribution in [0.15, 0.2) is 36.4 Å². The SMILES string of the molecule is COc1ccc2c(c1)nc(CCl)n2-c1cc(C)ccc1F. The van der Waals surface area contributed by atoms with Gasteiger partial charge in [-0.1, -0.05) is 6.07 Å². The summed E-state index contributed by atoms with van der Waals surface area (Å²) < 4.78 is 21.2. The minimum absolute atomic E-state index is 0.199. The minimum Gasteiger partial charge on any atom is -0.497 e. The van der Waals surface area contributed by atoms with Crippen LogP contribution in [0.2, 0.25) is 0 Å². The number of halogens is 2. The summed E-state index contributed by atoms with van der Waals surface area (Å²) in [6.45, 7) is 1.92. The molecule has 0 aliphatic heterocycles. The zero-order valence-electron chi connectivity index (χ0n) is 11.7.